The molecule has 0 amide bonds. The van der Waals surface area contributed by atoms with Gasteiger partial charge in [-0.15, -0.1) is 0 Å². The molecule has 0 aliphatic heterocycles. The Morgan fingerprint density at radius 1 is 0.556 bits per heavy atom. The van der Waals surface area contributed by atoms with E-state index in [9.17, 15) is 0 Å². The Bertz CT molecular complexity index is 20.5. The molecule has 0 atom stereocenters. The van der Waals surface area contributed by atoms with Crippen LogP contribution in [0.1, 0.15) is 0 Å². The summed E-state index contributed by atoms with van der Waals surface area (Å²) in [5.41, 5.74) is 19.6. The van der Waals surface area contributed by atoms with Crippen LogP contribution < -0.4 is 22.9 Å². The van der Waals surface area contributed by atoms with E-state index in [0.717, 1.165) is 0 Å². The Labute approximate surface area is 67.1 Å². The molecule has 0 aromatic rings. The van der Waals surface area contributed by atoms with E-state index >= 15 is 0 Å². The summed E-state index contributed by atoms with van der Waals surface area (Å²) in [6.45, 7) is 2.39. The van der Waals surface area contributed by atoms with Gasteiger partial charge in [-0.3, -0.25) is 0 Å². The molecule has 0 bridgehead atoms. The van der Waals surface area contributed by atoms with Crippen molar-refractivity contribution in [3.8, 4) is 0 Å². The van der Waals surface area contributed by atoms with Gasteiger partial charge in [0, 0.05) is 43.5 Å². The summed E-state index contributed by atoms with van der Waals surface area (Å²) in [5, 5.41) is 0. The normalized spacial score (nSPS) is 6.67. The summed E-state index contributed by atoms with van der Waals surface area (Å²) in [5.74, 6) is 0. The van der Waals surface area contributed by atoms with Gasteiger partial charge in [0.2, 0.25) is 0 Å². The van der Waals surface area contributed by atoms with Gasteiger partial charge >= 0.3 is 0 Å². The van der Waals surface area contributed by atoms with Gasteiger partial charge in [-0.1, -0.05) is 0 Å². The van der Waals surface area contributed by atoms with Crippen LogP contribution in [0.5, 0.6) is 0 Å². The molecule has 4 nitrogen and oxygen atoms in total. The Morgan fingerprint density at radius 3 is 0.667 bits per heavy atom. The summed E-state index contributed by atoms with van der Waals surface area (Å²) in [4.78, 5) is 0. The van der Waals surface area contributed by atoms with Crippen molar-refractivity contribution in [1.29, 1.82) is 0 Å². The molecule has 0 saturated heterocycles. The van der Waals surface area contributed by atoms with Gasteiger partial charge in [0.15, 0.2) is 0 Å². The molecule has 0 saturated carbocycles. The number of rotatable bonds is 2. The van der Waals surface area contributed by atoms with E-state index in [1.54, 1.807) is 0 Å². The molecule has 0 aromatic heterocycles. The number of nitrogens with two attached hydrogens (primary N) is 4. The molecular weight excluding hydrogens is 156 g/mol. The summed E-state index contributed by atoms with van der Waals surface area (Å²) >= 11 is 0. The van der Waals surface area contributed by atoms with Crippen LogP contribution >= 0.6 is 0 Å². The fourth-order valence-corrected chi connectivity index (χ4v) is 0. The molecule has 0 unspecified atom stereocenters. The van der Waals surface area contributed by atoms with E-state index in [4.69, 9.17) is 22.9 Å². The number of hydrogen-bond donors (Lipinski definition) is 4. The van der Waals surface area contributed by atoms with Crippen molar-refractivity contribution < 1.29 is 17.4 Å². The average Bonchev–Trinajstić information content (AvgIpc) is 1.88. The van der Waals surface area contributed by atoms with Crippen LogP contribution in [0.15, 0.2) is 0 Å². The predicted molar refractivity (Wildman–Crippen MR) is 36.2 cm³/mol. The van der Waals surface area contributed by atoms with E-state index < -0.39 is 0 Å². The van der Waals surface area contributed by atoms with Gasteiger partial charge in [-0.05, 0) is 0 Å². The van der Waals surface area contributed by atoms with Crippen molar-refractivity contribution in [2.75, 3.05) is 26.2 Å². The molecule has 0 aliphatic carbocycles. The first-order valence-electron chi connectivity index (χ1n) is 2.63. The Balaban J connectivity index is -0.0000000720. The molecule has 0 heterocycles. The Hall–Kier alpha value is 0.372. The third-order valence-corrected chi connectivity index (χ3v) is 0.333. The minimum Gasteiger partial charge on any atom is -0.329 e. The van der Waals surface area contributed by atoms with E-state index in [1.807, 2.05) is 0 Å². The zero-order chi connectivity index (χ0) is 6.83. The second kappa shape index (κ2) is 23.8. The molecule has 0 rings (SSSR count). The van der Waals surface area contributed by atoms with Crippen LogP contribution in [0, 0.1) is 0 Å². The first-order valence-corrected chi connectivity index (χ1v) is 2.63. The first kappa shape index (κ1) is 16.2. The maximum absolute atomic E-state index is 4.90. The fraction of sp³-hybridized carbons (Fsp3) is 1.00. The number of hydrogen-bond acceptors (Lipinski definition) is 4. The van der Waals surface area contributed by atoms with E-state index in [2.05, 4.69) is 0 Å². The van der Waals surface area contributed by atoms with E-state index in [-0.39, 0.29) is 17.4 Å². The van der Waals surface area contributed by atoms with Crippen LogP contribution in [0.4, 0.5) is 0 Å². The molecule has 5 heteroatoms. The van der Waals surface area contributed by atoms with Crippen LogP contribution in [0.3, 0.4) is 0 Å². The zero-order valence-electron chi connectivity index (χ0n) is 5.55. The third kappa shape index (κ3) is 60.4. The van der Waals surface area contributed by atoms with Gasteiger partial charge in [0.1, 0.15) is 0 Å². The van der Waals surface area contributed by atoms with Gasteiger partial charge in [0.05, 0.1) is 0 Å². The van der Waals surface area contributed by atoms with Crippen LogP contribution in [-0.4, -0.2) is 26.2 Å². The smallest absolute Gasteiger partial charge is 0.00461 e. The minimum absolute atomic E-state index is 0. The summed E-state index contributed by atoms with van der Waals surface area (Å²) in [7, 11) is 0. The molecule has 0 radical (unpaired) electrons. The van der Waals surface area contributed by atoms with Gasteiger partial charge in [0.25, 0.3) is 0 Å². The Kier molecular flexibility index (Phi) is 42.8. The topological polar surface area (TPSA) is 104 Å². The second-order valence-corrected chi connectivity index (χ2v) is 1.15. The summed E-state index contributed by atoms with van der Waals surface area (Å²) < 4.78 is 0. The molecule has 0 aliphatic rings. The maximum atomic E-state index is 4.90. The molecule has 0 fully saturated rings. The molecule has 9 heavy (non-hydrogen) atoms. The van der Waals surface area contributed by atoms with Crippen LogP contribution in [0.25, 0.3) is 0 Å². The predicted octanol–water partition coefficient (Wildman–Crippen LogP) is -2.19. The van der Waals surface area contributed by atoms with E-state index in [1.165, 1.54) is 0 Å². The minimum atomic E-state index is 0. The SMILES string of the molecule is NCCN.NCCN.[Cr]. The van der Waals surface area contributed by atoms with Gasteiger partial charge in [-0.2, -0.15) is 0 Å². The quantitative estimate of drug-likeness (QED) is 0.379. The van der Waals surface area contributed by atoms with Gasteiger partial charge < -0.3 is 22.9 Å². The maximum Gasteiger partial charge on any atom is 0.00461 e. The monoisotopic (exact) mass is 172 g/mol. The average molecular weight is 172 g/mol. The van der Waals surface area contributed by atoms with Crippen molar-refractivity contribution in [2.45, 2.75) is 0 Å². The Morgan fingerprint density at radius 2 is 0.667 bits per heavy atom. The third-order valence-electron chi connectivity index (χ3n) is 0.333. The van der Waals surface area contributed by atoms with Crippen molar-refractivity contribution in [3.63, 3.8) is 0 Å². The largest absolute Gasteiger partial charge is 0.329 e. The van der Waals surface area contributed by atoms with Gasteiger partial charge in [-0.25, -0.2) is 0 Å². The molecular formula is C4H16CrN4. The standard InChI is InChI=1S/2C2H8N2.Cr/c2*3-1-2-4;/h2*1-4H2;. The van der Waals surface area contributed by atoms with Crippen molar-refractivity contribution in [1.82, 2.24) is 0 Å². The molecule has 58 valence electrons. The summed E-state index contributed by atoms with van der Waals surface area (Å²) in [6, 6.07) is 0. The van der Waals surface area contributed by atoms with E-state index in [0.29, 0.717) is 26.2 Å². The second-order valence-electron chi connectivity index (χ2n) is 1.15. The van der Waals surface area contributed by atoms with Crippen LogP contribution in [-0.2, 0) is 17.4 Å². The first-order chi connectivity index (χ1) is 3.83. The summed E-state index contributed by atoms with van der Waals surface area (Å²) in [6.07, 6.45) is 0. The zero-order valence-corrected chi connectivity index (χ0v) is 6.82. The fourth-order valence-electron chi connectivity index (χ4n) is 0. The molecule has 8 N–H and O–H groups in total. The van der Waals surface area contributed by atoms with Crippen molar-refractivity contribution in [2.24, 2.45) is 22.9 Å². The van der Waals surface area contributed by atoms with Crippen LogP contribution in [0.2, 0.25) is 0 Å². The van der Waals surface area contributed by atoms with Crippen molar-refractivity contribution >= 4 is 0 Å². The van der Waals surface area contributed by atoms with Crippen molar-refractivity contribution in [3.05, 3.63) is 0 Å². The molecule has 0 aromatic carbocycles. The molecule has 0 spiro atoms.